The number of ether oxygens (including phenoxy) is 3. The van der Waals surface area contributed by atoms with Crippen LogP contribution in [0.4, 0.5) is 0 Å². The standard InChI is InChI=1S/C36H47NO7SSi/c1-24-12-14-27(15-13-24)45(39,40)37-20-26-16-32-33(43-23-42-32)17-28(26)30(21-38)29-18-34(41-22-25-10-8-7-9-11-25)35(19-31(29)37)44-46(5,6)36(2,3)4/h7-17,29-31,34-35,38H,18-23H2,1-6H3/t29-,30-,31-,34+,35-/m0/s1. The molecule has 3 aromatic carbocycles. The molecule has 3 aliphatic rings. The van der Waals surface area contributed by atoms with E-state index in [2.05, 4.69) is 33.9 Å². The van der Waals surface area contributed by atoms with Crippen LogP contribution in [-0.4, -0.2) is 57.8 Å². The van der Waals surface area contributed by atoms with Gasteiger partial charge in [0.25, 0.3) is 0 Å². The van der Waals surface area contributed by atoms with Gasteiger partial charge in [-0.2, -0.15) is 4.31 Å². The highest BCUT2D eigenvalue weighted by atomic mass is 32.2. The number of fused-ring (bicyclic) bond motifs is 3. The van der Waals surface area contributed by atoms with Crippen molar-refractivity contribution in [3.05, 3.63) is 89.0 Å². The summed E-state index contributed by atoms with van der Waals surface area (Å²) in [5.74, 6) is 0.655. The van der Waals surface area contributed by atoms with Crippen molar-refractivity contribution in [2.24, 2.45) is 5.92 Å². The third-order valence-electron chi connectivity index (χ3n) is 10.5. The van der Waals surface area contributed by atoms with Gasteiger partial charge in [0.05, 0.1) is 30.3 Å². The van der Waals surface area contributed by atoms with E-state index in [-0.39, 0.29) is 53.9 Å². The van der Waals surface area contributed by atoms with E-state index in [1.165, 1.54) is 0 Å². The molecule has 2 heterocycles. The lowest BCUT2D eigenvalue weighted by Crippen LogP contribution is -2.56. The highest BCUT2D eigenvalue weighted by molar-refractivity contribution is 7.89. The van der Waals surface area contributed by atoms with Crippen molar-refractivity contribution in [3.8, 4) is 11.5 Å². The number of nitrogens with zero attached hydrogens (tertiary/aromatic N) is 1. The fourth-order valence-corrected chi connectivity index (χ4v) is 9.89. The second-order valence-electron chi connectivity index (χ2n) is 14.5. The van der Waals surface area contributed by atoms with E-state index < -0.39 is 24.4 Å². The van der Waals surface area contributed by atoms with Gasteiger partial charge in [0.2, 0.25) is 16.8 Å². The van der Waals surface area contributed by atoms with E-state index >= 15 is 0 Å². The molecule has 0 amide bonds. The number of aliphatic hydroxyl groups excluding tert-OH is 1. The third kappa shape index (κ3) is 6.40. The van der Waals surface area contributed by atoms with E-state index in [0.29, 0.717) is 30.9 Å². The predicted molar refractivity (Wildman–Crippen MR) is 180 cm³/mol. The van der Waals surface area contributed by atoms with Crippen LogP contribution >= 0.6 is 0 Å². The van der Waals surface area contributed by atoms with Crippen molar-refractivity contribution in [2.75, 3.05) is 13.4 Å². The second-order valence-corrected chi connectivity index (χ2v) is 21.2. The van der Waals surface area contributed by atoms with Gasteiger partial charge in [-0.15, -0.1) is 0 Å². The Kier molecular flexibility index (Phi) is 9.16. The Hall–Kier alpha value is -2.73. The SMILES string of the molecule is Cc1ccc(S(=O)(=O)N2Cc3cc4c(cc3[C@H](CO)[C@@H]3C[C@@H](OCc5ccccc5)[C@@H](O[Si](C)(C)C(C)(C)C)C[C@@H]32)OCO4)cc1. The largest absolute Gasteiger partial charge is 0.454 e. The van der Waals surface area contributed by atoms with Gasteiger partial charge in [0.1, 0.15) is 0 Å². The number of aliphatic hydroxyl groups is 1. The molecular weight excluding hydrogens is 619 g/mol. The number of hydrogen-bond acceptors (Lipinski definition) is 7. The molecule has 0 spiro atoms. The average Bonchev–Trinajstić information content (AvgIpc) is 3.42. The fraction of sp³-hybridized carbons (Fsp3) is 0.500. The van der Waals surface area contributed by atoms with Crippen LogP contribution in [0, 0.1) is 12.8 Å². The maximum absolute atomic E-state index is 14.6. The maximum atomic E-state index is 14.6. The van der Waals surface area contributed by atoms with Crippen LogP contribution in [-0.2, 0) is 32.3 Å². The Morgan fingerprint density at radius 1 is 0.957 bits per heavy atom. The van der Waals surface area contributed by atoms with E-state index in [4.69, 9.17) is 18.6 Å². The molecular formula is C36H47NO7SSi. The van der Waals surface area contributed by atoms with Crippen LogP contribution in [0.1, 0.15) is 61.8 Å². The Labute approximate surface area is 274 Å². The molecule has 1 saturated carbocycles. The first-order chi connectivity index (χ1) is 21.8. The van der Waals surface area contributed by atoms with Crippen molar-refractivity contribution in [1.82, 2.24) is 4.31 Å². The zero-order valence-corrected chi connectivity index (χ0v) is 29.5. The summed E-state index contributed by atoms with van der Waals surface area (Å²) >= 11 is 0. The van der Waals surface area contributed by atoms with E-state index in [0.717, 1.165) is 22.3 Å². The summed E-state index contributed by atoms with van der Waals surface area (Å²) in [5.41, 5.74) is 3.77. The summed E-state index contributed by atoms with van der Waals surface area (Å²) in [5, 5.41) is 11.0. The van der Waals surface area contributed by atoms with Crippen LogP contribution < -0.4 is 9.47 Å². The summed E-state index contributed by atoms with van der Waals surface area (Å²) in [6.07, 6.45) is 0.386. The molecule has 1 N–H and O–H groups in total. The number of sulfonamides is 1. The summed E-state index contributed by atoms with van der Waals surface area (Å²) in [4.78, 5) is 0.255. The Morgan fingerprint density at radius 3 is 2.28 bits per heavy atom. The van der Waals surface area contributed by atoms with E-state index in [1.54, 1.807) is 16.4 Å². The first-order valence-electron chi connectivity index (χ1n) is 16.2. The number of aryl methyl sites for hydroxylation is 1. The molecule has 0 unspecified atom stereocenters. The summed E-state index contributed by atoms with van der Waals surface area (Å²) in [6, 6.07) is 20.5. The van der Waals surface area contributed by atoms with Gasteiger partial charge < -0.3 is 23.7 Å². The summed E-state index contributed by atoms with van der Waals surface area (Å²) < 4.78 is 56.2. The molecule has 5 atom stereocenters. The molecule has 0 radical (unpaired) electrons. The molecule has 3 aromatic rings. The Balaban J connectivity index is 1.45. The Morgan fingerprint density at radius 2 is 1.63 bits per heavy atom. The fourth-order valence-electron chi connectivity index (χ4n) is 6.88. The van der Waals surface area contributed by atoms with Crippen molar-refractivity contribution in [1.29, 1.82) is 0 Å². The monoisotopic (exact) mass is 665 g/mol. The van der Waals surface area contributed by atoms with Gasteiger partial charge in [0, 0.05) is 18.5 Å². The van der Waals surface area contributed by atoms with Gasteiger partial charge in [-0.3, -0.25) is 0 Å². The van der Waals surface area contributed by atoms with Crippen LogP contribution in [0.25, 0.3) is 0 Å². The van der Waals surface area contributed by atoms with Gasteiger partial charge in [-0.25, -0.2) is 8.42 Å². The smallest absolute Gasteiger partial charge is 0.243 e. The van der Waals surface area contributed by atoms with Crippen molar-refractivity contribution < 1.29 is 32.2 Å². The molecule has 2 aliphatic heterocycles. The lowest BCUT2D eigenvalue weighted by molar-refractivity contribution is -0.0930. The normalized spacial score (nSPS) is 25.1. The lowest BCUT2D eigenvalue weighted by atomic mass is 9.72. The first kappa shape index (κ1) is 33.2. The molecule has 0 aromatic heterocycles. The number of benzene rings is 3. The lowest BCUT2D eigenvalue weighted by Gasteiger charge is -2.49. The molecule has 1 aliphatic carbocycles. The Bertz CT molecular complexity index is 1640. The molecule has 10 heteroatoms. The van der Waals surface area contributed by atoms with Crippen LogP contribution in [0.3, 0.4) is 0 Å². The third-order valence-corrected chi connectivity index (χ3v) is 16.9. The average molecular weight is 666 g/mol. The summed E-state index contributed by atoms with van der Waals surface area (Å²) in [6.45, 7) is 13.6. The molecule has 1 fully saturated rings. The minimum Gasteiger partial charge on any atom is -0.454 e. The minimum absolute atomic E-state index is 0.0463. The maximum Gasteiger partial charge on any atom is 0.243 e. The number of hydrogen-bond donors (Lipinski definition) is 1. The quantitative estimate of drug-likeness (QED) is 0.266. The zero-order chi connectivity index (χ0) is 32.9. The van der Waals surface area contributed by atoms with Crippen molar-refractivity contribution in [3.63, 3.8) is 0 Å². The van der Waals surface area contributed by atoms with Crippen LogP contribution in [0.2, 0.25) is 18.1 Å². The van der Waals surface area contributed by atoms with Gasteiger partial charge in [-0.05, 0) is 84.8 Å². The van der Waals surface area contributed by atoms with Gasteiger partial charge in [0.15, 0.2) is 19.8 Å². The first-order valence-corrected chi connectivity index (χ1v) is 20.6. The molecule has 46 heavy (non-hydrogen) atoms. The molecule has 0 bridgehead atoms. The van der Waals surface area contributed by atoms with Crippen molar-refractivity contribution >= 4 is 18.3 Å². The number of rotatable bonds is 8. The van der Waals surface area contributed by atoms with E-state index in [9.17, 15) is 13.5 Å². The molecule has 8 nitrogen and oxygen atoms in total. The predicted octanol–water partition coefficient (Wildman–Crippen LogP) is 6.76. The topological polar surface area (TPSA) is 94.5 Å². The highest BCUT2D eigenvalue weighted by Crippen LogP contribution is 2.50. The molecule has 0 saturated heterocycles. The van der Waals surface area contributed by atoms with Crippen LogP contribution in [0.5, 0.6) is 11.5 Å². The van der Waals surface area contributed by atoms with Crippen molar-refractivity contribution in [2.45, 2.75) is 101 Å². The molecule has 248 valence electrons. The van der Waals surface area contributed by atoms with E-state index in [1.807, 2.05) is 61.5 Å². The summed E-state index contributed by atoms with van der Waals surface area (Å²) in [7, 11) is -6.22. The minimum atomic E-state index is -3.93. The second kappa shape index (κ2) is 12.7. The molecule has 6 rings (SSSR count). The van der Waals surface area contributed by atoms with Crippen LogP contribution in [0.15, 0.2) is 71.6 Å². The van der Waals surface area contributed by atoms with Gasteiger partial charge >= 0.3 is 0 Å². The van der Waals surface area contributed by atoms with Gasteiger partial charge in [-0.1, -0.05) is 68.8 Å². The zero-order valence-electron chi connectivity index (χ0n) is 27.7. The highest BCUT2D eigenvalue weighted by Gasteiger charge is 2.52.